The van der Waals surface area contributed by atoms with Gasteiger partial charge < -0.3 is 14.7 Å². The molecule has 2 aliphatic heterocycles. The molecule has 2 aromatic carbocycles. The summed E-state index contributed by atoms with van der Waals surface area (Å²) in [5.74, 6) is -7.75. The van der Waals surface area contributed by atoms with Crippen LogP contribution in [-0.2, 0) is 19.2 Å². The number of hydrogen-bond donors (Lipinski definition) is 1. The van der Waals surface area contributed by atoms with Crippen molar-refractivity contribution in [2.75, 3.05) is 36.5 Å². The van der Waals surface area contributed by atoms with Gasteiger partial charge in [-0.3, -0.25) is 44.3 Å². The third kappa shape index (κ3) is 4.38. The molecule has 18 heteroatoms. The van der Waals surface area contributed by atoms with Gasteiger partial charge in [0.25, 0.3) is 11.8 Å². The van der Waals surface area contributed by atoms with E-state index in [1.54, 1.807) is 6.08 Å². The average Bonchev–Trinajstić information content (AvgIpc) is 3.38. The maximum Gasteiger partial charge on any atom is 0.301 e. The zero-order valence-corrected chi connectivity index (χ0v) is 28.5. The van der Waals surface area contributed by atoms with Gasteiger partial charge in [0.15, 0.2) is 15.4 Å². The lowest BCUT2D eigenvalue weighted by molar-refractivity contribution is -0.392. The van der Waals surface area contributed by atoms with Gasteiger partial charge >= 0.3 is 11.4 Å². The number of anilines is 2. The van der Waals surface area contributed by atoms with Crippen LogP contribution < -0.4 is 14.5 Å². The van der Waals surface area contributed by atoms with Crippen LogP contribution in [0.3, 0.4) is 0 Å². The summed E-state index contributed by atoms with van der Waals surface area (Å²) in [6.45, 7) is 0. The van der Waals surface area contributed by atoms with Crippen LogP contribution in [0.1, 0.15) is 24.3 Å². The molecule has 3 fully saturated rings. The molecule has 4 aliphatic rings. The van der Waals surface area contributed by atoms with E-state index in [-0.39, 0.29) is 46.7 Å². The Hall–Kier alpha value is -4.28. The number of hydrogen-bond acceptors (Lipinski definition) is 11. The molecule has 48 heavy (non-hydrogen) atoms. The standard InChI is InChI=1S/C30H26BrCl2N5O10/c1-34(2)24-19(37(44)45)8-13(9-20(24)38(46)47)36-25(40)16-6-5-15-18(22(16)26(36)41)11-29(32)27(42)35(12-31)28(43)30(29,33)23(15)17-10-14(48-3)4-7-21(17)39/h4-5,7-10,16,18,22-23,39H,6,11-12H2,1-3H3. The molecular weight excluding hydrogens is 741 g/mol. The van der Waals surface area contributed by atoms with Crippen molar-refractivity contribution in [2.45, 2.75) is 28.5 Å². The van der Waals surface area contributed by atoms with Gasteiger partial charge in [0, 0.05) is 37.7 Å². The Morgan fingerprint density at radius 3 is 2.19 bits per heavy atom. The summed E-state index contributed by atoms with van der Waals surface area (Å²) < 4.78 is 5.36. The molecular formula is C30H26BrCl2N5O10. The van der Waals surface area contributed by atoms with E-state index >= 15 is 0 Å². The minimum atomic E-state index is -2.17. The molecule has 4 amide bonds. The number of imide groups is 2. The number of rotatable bonds is 7. The molecule has 1 saturated carbocycles. The van der Waals surface area contributed by atoms with Crippen molar-refractivity contribution in [1.29, 1.82) is 0 Å². The van der Waals surface area contributed by atoms with Crippen molar-refractivity contribution in [3.63, 3.8) is 0 Å². The van der Waals surface area contributed by atoms with E-state index in [4.69, 9.17) is 27.9 Å². The van der Waals surface area contributed by atoms with Crippen LogP contribution in [0.25, 0.3) is 0 Å². The van der Waals surface area contributed by atoms with Crippen molar-refractivity contribution >= 4 is 85.5 Å². The van der Waals surface area contributed by atoms with Gasteiger partial charge in [-0.15, -0.1) is 23.2 Å². The van der Waals surface area contributed by atoms with E-state index in [0.717, 1.165) is 17.0 Å². The maximum atomic E-state index is 14.4. The number of phenols is 1. The Balaban J connectivity index is 1.53. The maximum absolute atomic E-state index is 14.4. The summed E-state index contributed by atoms with van der Waals surface area (Å²) in [4.78, 5) is 76.9. The zero-order chi connectivity index (χ0) is 35.2. The summed E-state index contributed by atoms with van der Waals surface area (Å²) >= 11 is 17.5. The van der Waals surface area contributed by atoms with Crippen molar-refractivity contribution in [1.82, 2.24) is 4.90 Å². The fraction of sp³-hybridized carbons (Fsp3) is 0.400. The molecule has 0 aromatic heterocycles. The number of nitro groups is 2. The molecule has 6 unspecified atom stereocenters. The molecule has 2 aliphatic carbocycles. The fourth-order valence-corrected chi connectivity index (χ4v) is 9.12. The first-order valence-corrected chi connectivity index (χ1v) is 16.3. The number of likely N-dealkylation sites (tertiary alicyclic amines) is 1. The number of ether oxygens (including phenoxy) is 1. The SMILES string of the molecule is COc1ccc(O)c(C2C3=CCC4C(=O)N(c5cc([N+](=O)[O-])c(N(C)C)c([N+](=O)[O-])c5)C(=O)C4C3CC3(Cl)C(=O)N(CBr)C(=O)C23Cl)c1. The first-order valence-electron chi connectivity index (χ1n) is 14.4. The molecule has 1 N–H and O–H groups in total. The highest BCUT2D eigenvalue weighted by molar-refractivity contribution is 9.09. The number of carbonyl (C=O) groups excluding carboxylic acids is 4. The highest BCUT2D eigenvalue weighted by atomic mass is 79.9. The second-order valence-electron chi connectivity index (χ2n) is 12.2. The van der Waals surface area contributed by atoms with E-state index < -0.39 is 78.3 Å². The third-order valence-electron chi connectivity index (χ3n) is 9.71. The highest BCUT2D eigenvalue weighted by Crippen LogP contribution is 2.66. The number of nitrogens with zero attached hydrogens (tertiary/aromatic N) is 5. The Morgan fingerprint density at radius 1 is 1.02 bits per heavy atom. The van der Waals surface area contributed by atoms with Gasteiger partial charge in [-0.2, -0.15) is 0 Å². The smallest absolute Gasteiger partial charge is 0.301 e. The summed E-state index contributed by atoms with van der Waals surface area (Å²) in [6, 6.07) is 6.11. The second kappa shape index (κ2) is 11.4. The van der Waals surface area contributed by atoms with Crippen LogP contribution in [0.2, 0.25) is 0 Å². The van der Waals surface area contributed by atoms with Gasteiger partial charge in [0.1, 0.15) is 11.5 Å². The van der Waals surface area contributed by atoms with Gasteiger partial charge in [0.2, 0.25) is 11.8 Å². The number of carbonyl (C=O) groups is 4. The van der Waals surface area contributed by atoms with Gasteiger partial charge in [-0.1, -0.05) is 27.6 Å². The molecule has 252 valence electrons. The molecule has 0 bridgehead atoms. The average molecular weight is 767 g/mol. The Bertz CT molecular complexity index is 1850. The van der Waals surface area contributed by atoms with Crippen LogP contribution in [0.4, 0.5) is 22.7 Å². The van der Waals surface area contributed by atoms with Crippen LogP contribution in [0.5, 0.6) is 11.5 Å². The van der Waals surface area contributed by atoms with Crippen LogP contribution in [-0.4, -0.2) is 79.9 Å². The quantitative estimate of drug-likeness (QED) is 0.106. The van der Waals surface area contributed by atoms with Gasteiger partial charge in [0.05, 0.1) is 39.9 Å². The van der Waals surface area contributed by atoms with E-state index in [1.165, 1.54) is 44.3 Å². The van der Waals surface area contributed by atoms with Crippen LogP contribution in [0.15, 0.2) is 42.0 Å². The summed E-state index contributed by atoms with van der Waals surface area (Å²) in [7, 11) is 4.15. The lowest BCUT2D eigenvalue weighted by atomic mass is 9.56. The fourth-order valence-electron chi connectivity index (χ4n) is 7.70. The van der Waals surface area contributed by atoms with Crippen molar-refractivity contribution < 1.29 is 38.9 Å². The molecule has 2 saturated heterocycles. The molecule has 0 radical (unpaired) electrons. The van der Waals surface area contributed by atoms with E-state index in [9.17, 15) is 44.5 Å². The molecule has 6 atom stereocenters. The van der Waals surface area contributed by atoms with Crippen LogP contribution in [0, 0.1) is 38.0 Å². The number of allylic oxidation sites excluding steroid dienone is 2. The lowest BCUT2D eigenvalue weighted by Gasteiger charge is -2.50. The number of benzene rings is 2. The number of methoxy groups -OCH3 is 1. The number of alkyl halides is 3. The zero-order valence-electron chi connectivity index (χ0n) is 25.4. The molecule has 0 spiro atoms. The Labute approximate surface area is 290 Å². The summed E-state index contributed by atoms with van der Waals surface area (Å²) in [5.41, 5.74) is -1.85. The number of halogens is 3. The summed E-state index contributed by atoms with van der Waals surface area (Å²) in [5, 5.41) is 35.2. The molecule has 2 aromatic rings. The molecule has 2 heterocycles. The van der Waals surface area contributed by atoms with E-state index in [2.05, 4.69) is 15.9 Å². The number of aromatic hydroxyl groups is 1. The van der Waals surface area contributed by atoms with Gasteiger partial charge in [-0.25, -0.2) is 4.90 Å². The molecule has 15 nitrogen and oxygen atoms in total. The largest absolute Gasteiger partial charge is 0.508 e. The minimum Gasteiger partial charge on any atom is -0.508 e. The Kier molecular flexibility index (Phi) is 7.99. The normalized spacial score (nSPS) is 29.3. The first-order chi connectivity index (χ1) is 22.5. The predicted molar refractivity (Wildman–Crippen MR) is 175 cm³/mol. The van der Waals surface area contributed by atoms with Crippen LogP contribution >= 0.6 is 39.1 Å². The molecule has 6 rings (SSSR count). The van der Waals surface area contributed by atoms with E-state index in [0.29, 0.717) is 10.5 Å². The van der Waals surface area contributed by atoms with Crippen molar-refractivity contribution in [3.8, 4) is 11.5 Å². The predicted octanol–water partition coefficient (Wildman–Crippen LogP) is 4.20. The van der Waals surface area contributed by atoms with Crippen molar-refractivity contribution in [3.05, 3.63) is 67.8 Å². The van der Waals surface area contributed by atoms with Gasteiger partial charge in [-0.05, 0) is 37.0 Å². The third-order valence-corrected chi connectivity index (χ3v) is 11.6. The topological polar surface area (TPSA) is 194 Å². The first kappa shape index (κ1) is 33.6. The highest BCUT2D eigenvalue weighted by Gasteiger charge is 2.76. The van der Waals surface area contributed by atoms with E-state index in [1.807, 2.05) is 0 Å². The number of amides is 4. The summed E-state index contributed by atoms with van der Waals surface area (Å²) in [6.07, 6.45) is 1.23. The number of fused-ring (bicyclic) bond motifs is 4. The Morgan fingerprint density at radius 2 is 1.65 bits per heavy atom. The number of phenolic OH excluding ortho intramolecular Hbond substituents is 1. The number of nitro benzene ring substituents is 2. The monoisotopic (exact) mass is 765 g/mol. The van der Waals surface area contributed by atoms with Crippen molar-refractivity contribution in [2.24, 2.45) is 17.8 Å². The second-order valence-corrected chi connectivity index (χ2v) is 13.9. The lowest BCUT2D eigenvalue weighted by Crippen LogP contribution is -2.60. The minimum absolute atomic E-state index is 0.0503.